The summed E-state index contributed by atoms with van der Waals surface area (Å²) in [7, 11) is 0. The number of fused-ring (bicyclic) bond motifs is 1. The number of carbonyl (C=O) groups is 2. The van der Waals surface area contributed by atoms with Crippen molar-refractivity contribution in [3.05, 3.63) is 48.0 Å². The van der Waals surface area contributed by atoms with Crippen LogP contribution in [0.5, 0.6) is 0 Å². The molecule has 0 heterocycles. The highest BCUT2D eigenvalue weighted by molar-refractivity contribution is 5.85. The summed E-state index contributed by atoms with van der Waals surface area (Å²) in [6.45, 7) is 0. The summed E-state index contributed by atoms with van der Waals surface area (Å²) in [6, 6.07) is 13.5. The van der Waals surface area contributed by atoms with Gasteiger partial charge in [0.15, 0.2) is 0 Å². The number of amides is 1. The molecule has 22 heavy (non-hydrogen) atoms. The summed E-state index contributed by atoms with van der Waals surface area (Å²) in [5.41, 5.74) is 1.09. The minimum atomic E-state index is -0.929. The van der Waals surface area contributed by atoms with Gasteiger partial charge in [0, 0.05) is 6.42 Å². The third-order valence-corrected chi connectivity index (χ3v) is 4.13. The molecular formula is C18H19NO3. The zero-order valence-corrected chi connectivity index (χ0v) is 12.3. The molecule has 3 rings (SSSR count). The molecule has 1 fully saturated rings. The first-order valence-corrected chi connectivity index (χ1v) is 7.63. The van der Waals surface area contributed by atoms with Gasteiger partial charge in [-0.2, -0.15) is 0 Å². The predicted molar refractivity (Wildman–Crippen MR) is 84.6 cm³/mol. The number of aliphatic carboxylic acids is 1. The Morgan fingerprint density at radius 2 is 1.86 bits per heavy atom. The fourth-order valence-electron chi connectivity index (χ4n) is 2.71. The van der Waals surface area contributed by atoms with E-state index in [0.717, 1.165) is 23.8 Å². The minimum absolute atomic E-state index is 0.113. The second-order valence-electron chi connectivity index (χ2n) is 5.90. The molecule has 0 saturated heterocycles. The van der Waals surface area contributed by atoms with Crippen LogP contribution < -0.4 is 5.32 Å². The number of hydrogen-bond donors (Lipinski definition) is 2. The normalized spacial score (nSPS) is 15.5. The monoisotopic (exact) mass is 297 g/mol. The molecule has 1 saturated carbocycles. The molecule has 0 bridgehead atoms. The Kier molecular flexibility index (Phi) is 4.09. The molecule has 0 aromatic heterocycles. The molecule has 1 unspecified atom stereocenters. The maximum Gasteiger partial charge on any atom is 0.326 e. The molecule has 2 aromatic carbocycles. The van der Waals surface area contributed by atoms with Crippen LogP contribution in [0, 0.1) is 5.92 Å². The zero-order valence-electron chi connectivity index (χ0n) is 12.3. The number of rotatable bonds is 6. The maximum absolute atomic E-state index is 12.0. The highest BCUT2D eigenvalue weighted by atomic mass is 16.4. The number of aryl methyl sites for hydroxylation is 1. The lowest BCUT2D eigenvalue weighted by atomic mass is 10.0. The average Bonchev–Trinajstić information content (AvgIpc) is 3.34. The molecule has 0 spiro atoms. The van der Waals surface area contributed by atoms with E-state index in [9.17, 15) is 9.59 Å². The van der Waals surface area contributed by atoms with Crippen molar-refractivity contribution in [3.8, 4) is 0 Å². The molecule has 1 aliphatic carbocycles. The lowest BCUT2D eigenvalue weighted by Gasteiger charge is -2.13. The van der Waals surface area contributed by atoms with Gasteiger partial charge >= 0.3 is 5.97 Å². The van der Waals surface area contributed by atoms with Gasteiger partial charge in [0.2, 0.25) is 5.91 Å². The van der Waals surface area contributed by atoms with Crippen LogP contribution in [0.15, 0.2) is 42.5 Å². The van der Waals surface area contributed by atoms with E-state index in [1.807, 2.05) is 30.3 Å². The number of hydrogen-bond acceptors (Lipinski definition) is 2. The summed E-state index contributed by atoms with van der Waals surface area (Å²) >= 11 is 0. The molecule has 0 aliphatic heterocycles. The topological polar surface area (TPSA) is 66.4 Å². The van der Waals surface area contributed by atoms with E-state index >= 15 is 0 Å². The van der Waals surface area contributed by atoms with Crippen molar-refractivity contribution in [1.82, 2.24) is 5.32 Å². The van der Waals surface area contributed by atoms with Crippen LogP contribution in [0.25, 0.3) is 10.8 Å². The fraction of sp³-hybridized carbons (Fsp3) is 0.333. The minimum Gasteiger partial charge on any atom is -0.480 e. The Hall–Kier alpha value is -2.36. The Balaban J connectivity index is 1.58. The standard InChI is InChI=1S/C18H19NO3/c20-16(19-17(18(21)22)14-8-9-14)10-6-12-5-7-13-3-1-2-4-15(13)11-12/h1-5,7,11,14,17H,6,8-10H2,(H,19,20)(H,21,22). The fourth-order valence-corrected chi connectivity index (χ4v) is 2.71. The van der Waals surface area contributed by atoms with Gasteiger partial charge in [-0.15, -0.1) is 0 Å². The second kappa shape index (κ2) is 6.18. The molecule has 2 aromatic rings. The third kappa shape index (κ3) is 3.45. The Morgan fingerprint density at radius 1 is 1.14 bits per heavy atom. The van der Waals surface area contributed by atoms with Crippen molar-refractivity contribution in [2.45, 2.75) is 31.7 Å². The van der Waals surface area contributed by atoms with Crippen LogP contribution in [-0.2, 0) is 16.0 Å². The van der Waals surface area contributed by atoms with Crippen LogP contribution in [0.2, 0.25) is 0 Å². The van der Waals surface area contributed by atoms with E-state index in [0.29, 0.717) is 12.8 Å². The highest BCUT2D eigenvalue weighted by Crippen LogP contribution is 2.32. The summed E-state index contributed by atoms with van der Waals surface area (Å²) in [5.74, 6) is -1.00. The van der Waals surface area contributed by atoms with E-state index in [1.54, 1.807) is 0 Å². The first-order valence-electron chi connectivity index (χ1n) is 7.63. The lowest BCUT2D eigenvalue weighted by Crippen LogP contribution is -2.42. The van der Waals surface area contributed by atoms with Crippen molar-refractivity contribution in [1.29, 1.82) is 0 Å². The molecule has 1 atom stereocenters. The zero-order chi connectivity index (χ0) is 15.5. The van der Waals surface area contributed by atoms with Crippen molar-refractivity contribution in [2.24, 2.45) is 5.92 Å². The summed E-state index contributed by atoms with van der Waals surface area (Å²) in [6.07, 6.45) is 2.71. The van der Waals surface area contributed by atoms with E-state index in [2.05, 4.69) is 17.4 Å². The van der Waals surface area contributed by atoms with Gasteiger partial charge in [-0.05, 0) is 41.5 Å². The lowest BCUT2D eigenvalue weighted by molar-refractivity contribution is -0.142. The number of nitrogens with one attached hydrogen (secondary N) is 1. The summed E-state index contributed by atoms with van der Waals surface area (Å²) < 4.78 is 0. The quantitative estimate of drug-likeness (QED) is 0.861. The van der Waals surface area contributed by atoms with Gasteiger partial charge in [0.05, 0.1) is 0 Å². The summed E-state index contributed by atoms with van der Waals surface area (Å²) in [4.78, 5) is 23.1. The Bertz CT molecular complexity index is 706. The molecule has 1 amide bonds. The third-order valence-electron chi connectivity index (χ3n) is 4.13. The summed E-state index contributed by atoms with van der Waals surface area (Å²) in [5, 5.41) is 14.1. The van der Waals surface area contributed by atoms with E-state index in [-0.39, 0.29) is 11.8 Å². The highest BCUT2D eigenvalue weighted by Gasteiger charge is 2.37. The first-order chi connectivity index (χ1) is 10.6. The SMILES string of the molecule is O=C(CCc1ccc2ccccc2c1)NC(C(=O)O)C1CC1. The van der Waals surface area contributed by atoms with Crippen molar-refractivity contribution < 1.29 is 14.7 Å². The van der Waals surface area contributed by atoms with Crippen LogP contribution in [0.4, 0.5) is 0 Å². The van der Waals surface area contributed by atoms with Gasteiger partial charge in [0.1, 0.15) is 6.04 Å². The van der Waals surface area contributed by atoms with Crippen LogP contribution >= 0.6 is 0 Å². The van der Waals surface area contributed by atoms with E-state index in [1.165, 1.54) is 5.39 Å². The molecule has 4 nitrogen and oxygen atoms in total. The maximum atomic E-state index is 12.0. The van der Waals surface area contributed by atoms with Crippen molar-refractivity contribution >= 4 is 22.6 Å². The Morgan fingerprint density at radius 3 is 2.55 bits per heavy atom. The molecule has 1 aliphatic rings. The van der Waals surface area contributed by atoms with Gasteiger partial charge in [-0.25, -0.2) is 4.79 Å². The Labute approximate surface area is 129 Å². The number of carboxylic acids is 1. The van der Waals surface area contributed by atoms with E-state index in [4.69, 9.17) is 5.11 Å². The van der Waals surface area contributed by atoms with Crippen LogP contribution in [0.1, 0.15) is 24.8 Å². The van der Waals surface area contributed by atoms with Crippen molar-refractivity contribution in [3.63, 3.8) is 0 Å². The number of carboxylic acid groups (broad SMARTS) is 1. The largest absolute Gasteiger partial charge is 0.480 e. The van der Waals surface area contributed by atoms with Gasteiger partial charge in [-0.3, -0.25) is 4.79 Å². The molecular weight excluding hydrogens is 278 g/mol. The molecule has 0 radical (unpaired) electrons. The predicted octanol–water partition coefficient (Wildman–Crippen LogP) is 2.75. The van der Waals surface area contributed by atoms with Gasteiger partial charge in [0.25, 0.3) is 0 Å². The molecule has 2 N–H and O–H groups in total. The smallest absolute Gasteiger partial charge is 0.326 e. The second-order valence-corrected chi connectivity index (χ2v) is 5.90. The van der Waals surface area contributed by atoms with Crippen LogP contribution in [-0.4, -0.2) is 23.0 Å². The molecule has 4 heteroatoms. The van der Waals surface area contributed by atoms with E-state index < -0.39 is 12.0 Å². The van der Waals surface area contributed by atoms with Gasteiger partial charge < -0.3 is 10.4 Å². The van der Waals surface area contributed by atoms with Gasteiger partial charge in [-0.1, -0.05) is 42.5 Å². The van der Waals surface area contributed by atoms with Crippen molar-refractivity contribution in [2.75, 3.05) is 0 Å². The number of carbonyl (C=O) groups excluding carboxylic acids is 1. The molecule has 114 valence electrons. The van der Waals surface area contributed by atoms with Crippen LogP contribution in [0.3, 0.4) is 0 Å². The number of benzene rings is 2. The average molecular weight is 297 g/mol. The first kappa shape index (κ1) is 14.6.